The van der Waals surface area contributed by atoms with Crippen molar-refractivity contribution in [2.75, 3.05) is 0 Å². The largest absolute Gasteiger partial charge is 0.480 e. The van der Waals surface area contributed by atoms with Crippen molar-refractivity contribution in [3.05, 3.63) is 65.7 Å². The minimum Gasteiger partial charge on any atom is -0.480 e. The molecule has 0 unspecified atom stereocenters. The molecule has 1 aliphatic carbocycles. The van der Waals surface area contributed by atoms with Gasteiger partial charge in [0.15, 0.2) is 6.10 Å². The van der Waals surface area contributed by atoms with Crippen LogP contribution in [0.4, 0.5) is 4.79 Å². The van der Waals surface area contributed by atoms with Crippen molar-refractivity contribution in [1.29, 1.82) is 0 Å². The summed E-state index contributed by atoms with van der Waals surface area (Å²) in [4.78, 5) is 36.9. The van der Waals surface area contributed by atoms with Crippen molar-refractivity contribution in [2.24, 2.45) is 0 Å². The number of ether oxygens (including phenoxy) is 1. The van der Waals surface area contributed by atoms with Crippen LogP contribution in [-0.2, 0) is 11.3 Å². The fourth-order valence-corrected chi connectivity index (χ4v) is 3.38. The van der Waals surface area contributed by atoms with E-state index < -0.39 is 18.0 Å². The number of rotatable bonds is 7. The first-order valence-corrected chi connectivity index (χ1v) is 10.2. The Morgan fingerprint density at radius 1 is 1.00 bits per heavy atom. The summed E-state index contributed by atoms with van der Waals surface area (Å²) in [5, 5.41) is 7.95. The summed E-state index contributed by atoms with van der Waals surface area (Å²) in [6, 6.07) is 15.9. The minimum atomic E-state index is -0.942. The number of nitrogens with one attached hydrogen (secondary N) is 3. The molecule has 0 bridgehead atoms. The topological polar surface area (TPSA) is 96.5 Å². The number of imide groups is 1. The zero-order valence-corrected chi connectivity index (χ0v) is 17.0. The van der Waals surface area contributed by atoms with Crippen LogP contribution in [0, 0.1) is 0 Å². The Bertz CT molecular complexity index is 879. The van der Waals surface area contributed by atoms with Crippen LogP contribution in [0.2, 0.25) is 0 Å². The summed E-state index contributed by atoms with van der Waals surface area (Å²) in [6.45, 7) is 1.92. The summed E-state index contributed by atoms with van der Waals surface area (Å²) in [5.41, 5.74) is 1.30. The number of hydrogen-bond acceptors (Lipinski definition) is 4. The lowest BCUT2D eigenvalue weighted by molar-refractivity contribution is -0.126. The van der Waals surface area contributed by atoms with Gasteiger partial charge in [0.05, 0.1) is 5.56 Å². The smallest absolute Gasteiger partial charge is 0.321 e. The first-order valence-electron chi connectivity index (χ1n) is 10.2. The van der Waals surface area contributed by atoms with Gasteiger partial charge in [0.25, 0.3) is 11.8 Å². The first kappa shape index (κ1) is 21.4. The molecule has 0 heterocycles. The molecule has 0 aromatic heterocycles. The molecule has 30 heavy (non-hydrogen) atoms. The highest BCUT2D eigenvalue weighted by atomic mass is 16.5. The zero-order chi connectivity index (χ0) is 21.3. The molecule has 0 saturated heterocycles. The van der Waals surface area contributed by atoms with Crippen LogP contribution < -0.4 is 20.7 Å². The number of benzene rings is 2. The van der Waals surface area contributed by atoms with Gasteiger partial charge in [0.2, 0.25) is 0 Å². The Hall–Kier alpha value is -3.35. The summed E-state index contributed by atoms with van der Waals surface area (Å²) in [5.74, 6) is -0.590. The van der Waals surface area contributed by atoms with Gasteiger partial charge in [-0.1, -0.05) is 55.3 Å². The third-order valence-corrected chi connectivity index (χ3v) is 5.03. The lowest BCUT2D eigenvalue weighted by Crippen LogP contribution is -2.47. The Kier molecular flexibility index (Phi) is 7.43. The average molecular weight is 409 g/mol. The zero-order valence-electron chi connectivity index (χ0n) is 17.0. The molecule has 0 spiro atoms. The Morgan fingerprint density at radius 2 is 1.67 bits per heavy atom. The Labute approximate surface area is 176 Å². The van der Waals surface area contributed by atoms with Crippen molar-refractivity contribution in [1.82, 2.24) is 16.0 Å². The van der Waals surface area contributed by atoms with E-state index in [1.807, 2.05) is 30.3 Å². The van der Waals surface area contributed by atoms with Crippen LogP contribution in [-0.4, -0.2) is 30.0 Å². The summed E-state index contributed by atoms with van der Waals surface area (Å²) in [7, 11) is 0. The second kappa shape index (κ2) is 10.4. The van der Waals surface area contributed by atoms with Crippen LogP contribution in [0.25, 0.3) is 0 Å². The lowest BCUT2D eigenvalue weighted by atomic mass is 10.1. The van der Waals surface area contributed by atoms with E-state index in [9.17, 15) is 14.4 Å². The molecule has 7 heteroatoms. The van der Waals surface area contributed by atoms with Crippen molar-refractivity contribution < 1.29 is 19.1 Å². The molecule has 3 rings (SSSR count). The molecule has 158 valence electrons. The van der Waals surface area contributed by atoms with Gasteiger partial charge in [-0.2, -0.15) is 0 Å². The second-order valence-electron chi connectivity index (χ2n) is 7.37. The normalized spacial score (nSPS) is 14.6. The molecule has 1 saturated carbocycles. The summed E-state index contributed by atoms with van der Waals surface area (Å²) < 4.78 is 5.70. The van der Waals surface area contributed by atoms with E-state index in [0.29, 0.717) is 12.1 Å². The molecular formula is C23H27N3O4. The van der Waals surface area contributed by atoms with Crippen molar-refractivity contribution >= 4 is 17.8 Å². The first-order chi connectivity index (χ1) is 14.5. The number of urea groups is 1. The van der Waals surface area contributed by atoms with Gasteiger partial charge in [0, 0.05) is 12.6 Å². The standard InChI is InChI=1S/C23H27N3O4/c1-16(21(27)26-23(29)25-18-11-5-6-12-18)30-20-14-8-7-13-19(20)22(28)24-15-17-9-3-2-4-10-17/h2-4,7-10,13-14,16,18H,5-6,11-12,15H2,1H3,(H,24,28)(H2,25,26,27,29)/t16-/m0/s1. The molecular weight excluding hydrogens is 382 g/mol. The second-order valence-corrected chi connectivity index (χ2v) is 7.37. The predicted octanol–water partition coefficient (Wildman–Crippen LogP) is 3.15. The number of hydrogen-bond donors (Lipinski definition) is 3. The molecule has 3 N–H and O–H groups in total. The van der Waals surface area contributed by atoms with E-state index in [0.717, 1.165) is 31.2 Å². The Balaban J connectivity index is 1.55. The fourth-order valence-electron chi connectivity index (χ4n) is 3.38. The third-order valence-electron chi connectivity index (χ3n) is 5.03. The van der Waals surface area contributed by atoms with Crippen molar-refractivity contribution in [3.8, 4) is 5.75 Å². The molecule has 0 radical (unpaired) electrons. The Morgan fingerprint density at radius 3 is 2.40 bits per heavy atom. The molecule has 1 aliphatic rings. The summed E-state index contributed by atoms with van der Waals surface area (Å²) in [6.07, 6.45) is 3.09. The minimum absolute atomic E-state index is 0.114. The molecule has 2 aromatic rings. The van der Waals surface area contributed by atoms with Crippen LogP contribution in [0.3, 0.4) is 0 Å². The maximum atomic E-state index is 12.6. The molecule has 0 aliphatic heterocycles. The molecule has 1 fully saturated rings. The van der Waals surface area contributed by atoms with Crippen LogP contribution in [0.1, 0.15) is 48.5 Å². The number of carbonyl (C=O) groups is 3. The molecule has 2 aromatic carbocycles. The quantitative estimate of drug-likeness (QED) is 0.654. The highest BCUT2D eigenvalue weighted by molar-refractivity contribution is 5.98. The van der Waals surface area contributed by atoms with E-state index in [4.69, 9.17) is 4.74 Å². The lowest BCUT2D eigenvalue weighted by Gasteiger charge is -2.18. The fraction of sp³-hybridized carbons (Fsp3) is 0.348. The highest BCUT2D eigenvalue weighted by Gasteiger charge is 2.22. The van der Waals surface area contributed by atoms with Crippen LogP contribution in [0.15, 0.2) is 54.6 Å². The average Bonchev–Trinajstić information content (AvgIpc) is 3.26. The maximum absolute atomic E-state index is 12.6. The maximum Gasteiger partial charge on any atom is 0.321 e. The van der Waals surface area contributed by atoms with Gasteiger partial charge in [-0.05, 0) is 37.5 Å². The SMILES string of the molecule is C[C@H](Oc1ccccc1C(=O)NCc1ccccc1)C(=O)NC(=O)NC1CCCC1. The number of para-hydroxylation sites is 1. The predicted molar refractivity (Wildman–Crippen MR) is 113 cm³/mol. The number of carbonyl (C=O) groups excluding carboxylic acids is 3. The van der Waals surface area contributed by atoms with Crippen LogP contribution >= 0.6 is 0 Å². The van der Waals surface area contributed by atoms with E-state index in [1.54, 1.807) is 24.3 Å². The van der Waals surface area contributed by atoms with Crippen molar-refractivity contribution in [3.63, 3.8) is 0 Å². The van der Waals surface area contributed by atoms with E-state index in [-0.39, 0.29) is 17.7 Å². The molecule has 7 nitrogen and oxygen atoms in total. The van der Waals surface area contributed by atoms with Crippen molar-refractivity contribution in [2.45, 2.75) is 51.3 Å². The third kappa shape index (κ3) is 6.07. The number of amides is 4. The van der Waals surface area contributed by atoms with Crippen LogP contribution in [0.5, 0.6) is 5.75 Å². The monoisotopic (exact) mass is 409 g/mol. The van der Waals surface area contributed by atoms with Gasteiger partial charge >= 0.3 is 6.03 Å². The van der Waals surface area contributed by atoms with E-state index in [1.165, 1.54) is 6.92 Å². The van der Waals surface area contributed by atoms with Gasteiger partial charge < -0.3 is 15.4 Å². The van der Waals surface area contributed by atoms with E-state index in [2.05, 4.69) is 16.0 Å². The van der Waals surface area contributed by atoms with Gasteiger partial charge in [-0.25, -0.2) is 4.79 Å². The van der Waals surface area contributed by atoms with Gasteiger partial charge in [0.1, 0.15) is 5.75 Å². The molecule has 4 amide bonds. The molecule has 1 atom stereocenters. The van der Waals surface area contributed by atoms with E-state index >= 15 is 0 Å². The van der Waals surface area contributed by atoms with Gasteiger partial charge in [-0.3, -0.25) is 14.9 Å². The summed E-state index contributed by atoms with van der Waals surface area (Å²) >= 11 is 0. The van der Waals surface area contributed by atoms with Gasteiger partial charge in [-0.15, -0.1) is 0 Å². The highest BCUT2D eigenvalue weighted by Crippen LogP contribution is 2.20.